The summed E-state index contributed by atoms with van der Waals surface area (Å²) < 4.78 is 27.4. The molecule has 0 bridgehead atoms. The van der Waals surface area contributed by atoms with Gasteiger partial charge in [0, 0.05) is 24.2 Å². The fourth-order valence-corrected chi connectivity index (χ4v) is 6.44. The van der Waals surface area contributed by atoms with E-state index >= 15 is 0 Å². The molecule has 0 spiro atoms. The Morgan fingerprint density at radius 1 is 1.03 bits per heavy atom. The first-order valence-electron chi connectivity index (χ1n) is 11.3. The Labute approximate surface area is 199 Å². The molecule has 1 saturated heterocycles. The van der Waals surface area contributed by atoms with Gasteiger partial charge in [-0.1, -0.05) is 42.8 Å². The quantitative estimate of drug-likeness (QED) is 0.486. The van der Waals surface area contributed by atoms with Crippen molar-refractivity contribution in [2.75, 3.05) is 18.4 Å². The monoisotopic (exact) mass is 483 g/mol. The molecule has 8 heteroatoms. The third kappa shape index (κ3) is 5.57. The SMILES string of the molecule is Cc1cc(SC(C)C(=O)Nc2ccc(S(=O)(=O)N3CCCCCC3)cc2)nc2ccccc12. The number of anilines is 1. The molecule has 1 amide bonds. The summed E-state index contributed by atoms with van der Waals surface area (Å²) in [4.78, 5) is 17.7. The highest BCUT2D eigenvalue weighted by atomic mass is 32.2. The molecule has 0 radical (unpaired) electrons. The van der Waals surface area contributed by atoms with Gasteiger partial charge in [0.05, 0.1) is 20.7 Å². The third-order valence-corrected chi connectivity index (χ3v) is 8.82. The second kappa shape index (κ2) is 10.2. The molecular formula is C25H29N3O3S2. The van der Waals surface area contributed by atoms with E-state index in [1.807, 2.05) is 44.2 Å². The van der Waals surface area contributed by atoms with Crippen LogP contribution in [0.2, 0.25) is 0 Å². The van der Waals surface area contributed by atoms with Crippen LogP contribution in [0.15, 0.2) is 64.5 Å². The van der Waals surface area contributed by atoms with Gasteiger partial charge in [0.25, 0.3) is 0 Å². The van der Waals surface area contributed by atoms with Crippen LogP contribution in [0.4, 0.5) is 5.69 Å². The number of aryl methyl sites for hydroxylation is 1. The zero-order chi connectivity index (χ0) is 23.4. The van der Waals surface area contributed by atoms with E-state index in [4.69, 9.17) is 0 Å². The molecular weight excluding hydrogens is 454 g/mol. The average Bonchev–Trinajstić information content (AvgIpc) is 3.10. The maximum absolute atomic E-state index is 12.9. The zero-order valence-electron chi connectivity index (χ0n) is 19.0. The number of carbonyl (C=O) groups is 1. The topological polar surface area (TPSA) is 79.4 Å². The molecule has 1 fully saturated rings. The van der Waals surface area contributed by atoms with E-state index in [9.17, 15) is 13.2 Å². The summed E-state index contributed by atoms with van der Waals surface area (Å²) in [5.41, 5.74) is 2.61. The van der Waals surface area contributed by atoms with Crippen LogP contribution in [0.25, 0.3) is 10.9 Å². The Hall–Kier alpha value is -2.42. The lowest BCUT2D eigenvalue weighted by Crippen LogP contribution is -2.31. The molecule has 1 atom stereocenters. The maximum atomic E-state index is 12.9. The minimum absolute atomic E-state index is 0.157. The van der Waals surface area contributed by atoms with Crippen LogP contribution in [0, 0.1) is 6.92 Å². The summed E-state index contributed by atoms with van der Waals surface area (Å²) in [7, 11) is -3.50. The van der Waals surface area contributed by atoms with Crippen LogP contribution in [0.1, 0.15) is 38.2 Å². The fraction of sp³-hybridized carbons (Fsp3) is 0.360. The number of benzene rings is 2. The van der Waals surface area contributed by atoms with Gasteiger partial charge in [-0.2, -0.15) is 4.31 Å². The van der Waals surface area contributed by atoms with Crippen molar-refractivity contribution in [3.8, 4) is 0 Å². The van der Waals surface area contributed by atoms with Crippen LogP contribution < -0.4 is 5.32 Å². The average molecular weight is 484 g/mol. The van der Waals surface area contributed by atoms with Gasteiger partial charge >= 0.3 is 0 Å². The van der Waals surface area contributed by atoms with Crippen molar-refractivity contribution in [3.63, 3.8) is 0 Å². The van der Waals surface area contributed by atoms with Gasteiger partial charge in [-0.25, -0.2) is 13.4 Å². The van der Waals surface area contributed by atoms with E-state index in [2.05, 4.69) is 10.3 Å². The van der Waals surface area contributed by atoms with E-state index in [0.717, 1.165) is 47.2 Å². The Morgan fingerprint density at radius 3 is 2.39 bits per heavy atom. The Kier molecular flexibility index (Phi) is 7.36. The van der Waals surface area contributed by atoms with Gasteiger partial charge in [0.1, 0.15) is 0 Å². The highest BCUT2D eigenvalue weighted by molar-refractivity contribution is 8.00. The number of aromatic nitrogens is 1. The number of hydrogen-bond acceptors (Lipinski definition) is 5. The second-order valence-electron chi connectivity index (χ2n) is 8.39. The first-order valence-corrected chi connectivity index (χ1v) is 13.6. The first kappa shape index (κ1) is 23.7. The van der Waals surface area contributed by atoms with E-state index in [0.29, 0.717) is 18.8 Å². The van der Waals surface area contributed by atoms with Gasteiger partial charge in [-0.3, -0.25) is 4.79 Å². The van der Waals surface area contributed by atoms with Crippen LogP contribution in [0.5, 0.6) is 0 Å². The lowest BCUT2D eigenvalue weighted by Gasteiger charge is -2.20. The molecule has 3 aromatic rings. The lowest BCUT2D eigenvalue weighted by molar-refractivity contribution is -0.115. The van der Waals surface area contributed by atoms with Crippen LogP contribution in [-0.4, -0.2) is 42.0 Å². The van der Waals surface area contributed by atoms with Crippen molar-refractivity contribution in [2.45, 2.75) is 54.7 Å². The number of nitrogens with zero attached hydrogens (tertiary/aromatic N) is 2. The number of amides is 1. The smallest absolute Gasteiger partial charge is 0.243 e. The fourth-order valence-electron chi connectivity index (χ4n) is 4.00. The number of para-hydroxylation sites is 1. The first-order chi connectivity index (χ1) is 15.8. The number of fused-ring (bicyclic) bond motifs is 1. The molecule has 4 rings (SSSR count). The van der Waals surface area contributed by atoms with E-state index < -0.39 is 10.0 Å². The molecule has 0 aliphatic carbocycles. The minimum atomic E-state index is -3.50. The molecule has 1 aromatic heterocycles. The zero-order valence-corrected chi connectivity index (χ0v) is 20.6. The van der Waals surface area contributed by atoms with Gasteiger partial charge in [-0.05, 0) is 68.7 Å². The highest BCUT2D eigenvalue weighted by Gasteiger charge is 2.25. The molecule has 33 heavy (non-hydrogen) atoms. The van der Waals surface area contributed by atoms with E-state index in [-0.39, 0.29) is 16.1 Å². The van der Waals surface area contributed by atoms with Crippen molar-refractivity contribution in [1.82, 2.24) is 9.29 Å². The number of nitrogens with one attached hydrogen (secondary N) is 1. The number of carbonyl (C=O) groups excluding carboxylic acids is 1. The predicted molar refractivity (Wildman–Crippen MR) is 134 cm³/mol. The van der Waals surface area contributed by atoms with Crippen molar-refractivity contribution in [3.05, 3.63) is 60.2 Å². The van der Waals surface area contributed by atoms with Crippen molar-refractivity contribution < 1.29 is 13.2 Å². The summed E-state index contributed by atoms with van der Waals surface area (Å²) in [5.74, 6) is -0.157. The number of rotatable bonds is 6. The van der Waals surface area contributed by atoms with Gasteiger partial charge in [0.2, 0.25) is 15.9 Å². The summed E-state index contributed by atoms with van der Waals surface area (Å²) in [6.45, 7) is 5.01. The summed E-state index contributed by atoms with van der Waals surface area (Å²) in [6, 6.07) is 16.4. The number of hydrogen-bond donors (Lipinski definition) is 1. The van der Waals surface area contributed by atoms with Crippen molar-refractivity contribution in [1.29, 1.82) is 0 Å². The summed E-state index contributed by atoms with van der Waals surface area (Å²) in [6.07, 6.45) is 3.94. The second-order valence-corrected chi connectivity index (χ2v) is 11.7. The molecule has 2 aromatic carbocycles. The molecule has 6 nitrogen and oxygen atoms in total. The summed E-state index contributed by atoms with van der Waals surface area (Å²) >= 11 is 1.40. The third-order valence-electron chi connectivity index (χ3n) is 5.89. The normalized spacial score (nSPS) is 16.3. The Morgan fingerprint density at radius 2 is 1.70 bits per heavy atom. The predicted octanol–water partition coefficient (Wildman–Crippen LogP) is 5.23. The van der Waals surface area contributed by atoms with Crippen LogP contribution in [0.3, 0.4) is 0 Å². The Balaban J connectivity index is 1.41. The van der Waals surface area contributed by atoms with E-state index in [1.165, 1.54) is 11.8 Å². The summed E-state index contributed by atoms with van der Waals surface area (Å²) in [5, 5.41) is 4.43. The maximum Gasteiger partial charge on any atom is 0.243 e. The van der Waals surface area contributed by atoms with Crippen molar-refractivity contribution >= 4 is 44.3 Å². The highest BCUT2D eigenvalue weighted by Crippen LogP contribution is 2.28. The molecule has 0 saturated carbocycles. The standard InChI is InChI=1S/C25H29N3O3S2/c1-18-17-24(27-23-10-6-5-9-22(18)23)32-19(2)25(29)26-20-11-13-21(14-12-20)33(30,31)28-15-7-3-4-8-16-28/h5-6,9-14,17,19H,3-4,7-8,15-16H2,1-2H3,(H,26,29). The minimum Gasteiger partial charge on any atom is -0.325 e. The molecule has 1 aliphatic heterocycles. The molecule has 1 unspecified atom stereocenters. The lowest BCUT2D eigenvalue weighted by atomic mass is 10.1. The van der Waals surface area contributed by atoms with Crippen molar-refractivity contribution in [2.24, 2.45) is 0 Å². The van der Waals surface area contributed by atoms with Crippen LogP contribution >= 0.6 is 11.8 Å². The van der Waals surface area contributed by atoms with Gasteiger partial charge < -0.3 is 5.32 Å². The van der Waals surface area contributed by atoms with Crippen LogP contribution in [-0.2, 0) is 14.8 Å². The number of sulfonamides is 1. The number of pyridine rings is 1. The largest absolute Gasteiger partial charge is 0.325 e. The van der Waals surface area contributed by atoms with Gasteiger partial charge in [0.15, 0.2) is 0 Å². The van der Waals surface area contributed by atoms with Gasteiger partial charge in [-0.15, -0.1) is 0 Å². The molecule has 2 heterocycles. The van der Waals surface area contributed by atoms with E-state index in [1.54, 1.807) is 28.6 Å². The Bertz CT molecular complexity index is 1240. The molecule has 1 aliphatic rings. The molecule has 174 valence electrons. The molecule has 1 N–H and O–H groups in total. The number of thioether (sulfide) groups is 1.